The SMILES string of the molecule is Cc1noc(C)c1CCC(=O)N1CC(C(=O)NCCc2nc3ccccc3n2C)C1. The summed E-state index contributed by atoms with van der Waals surface area (Å²) >= 11 is 0. The summed E-state index contributed by atoms with van der Waals surface area (Å²) in [6.45, 7) is 5.24. The van der Waals surface area contributed by atoms with Gasteiger partial charge in [0.1, 0.15) is 11.6 Å². The van der Waals surface area contributed by atoms with E-state index in [9.17, 15) is 9.59 Å². The Kier molecular flexibility index (Phi) is 5.57. The molecular formula is C22H27N5O3. The highest BCUT2D eigenvalue weighted by atomic mass is 16.5. The summed E-state index contributed by atoms with van der Waals surface area (Å²) in [4.78, 5) is 31.1. The van der Waals surface area contributed by atoms with Crippen LogP contribution in [-0.2, 0) is 29.5 Å². The van der Waals surface area contributed by atoms with Crippen LogP contribution in [0.3, 0.4) is 0 Å². The van der Waals surface area contributed by atoms with Crippen LogP contribution in [0, 0.1) is 19.8 Å². The average molecular weight is 409 g/mol. The van der Waals surface area contributed by atoms with Crippen molar-refractivity contribution < 1.29 is 14.1 Å². The van der Waals surface area contributed by atoms with Crippen molar-refractivity contribution >= 4 is 22.8 Å². The molecule has 3 aromatic rings. The number of nitrogens with zero attached hydrogens (tertiary/aromatic N) is 4. The molecule has 0 unspecified atom stereocenters. The van der Waals surface area contributed by atoms with Gasteiger partial charge in [-0.3, -0.25) is 9.59 Å². The summed E-state index contributed by atoms with van der Waals surface area (Å²) in [5.41, 5.74) is 3.89. The second-order valence-corrected chi connectivity index (χ2v) is 7.92. The molecule has 158 valence electrons. The number of aromatic nitrogens is 3. The number of hydrogen-bond acceptors (Lipinski definition) is 5. The van der Waals surface area contributed by atoms with Crippen molar-refractivity contribution in [3.8, 4) is 0 Å². The number of benzene rings is 1. The van der Waals surface area contributed by atoms with E-state index in [4.69, 9.17) is 4.52 Å². The van der Waals surface area contributed by atoms with Gasteiger partial charge in [0.25, 0.3) is 0 Å². The number of hydrogen-bond donors (Lipinski definition) is 1. The number of carbonyl (C=O) groups excluding carboxylic acids is 2. The Labute approximate surface area is 175 Å². The minimum atomic E-state index is -0.131. The van der Waals surface area contributed by atoms with Crippen LogP contribution < -0.4 is 5.32 Å². The van der Waals surface area contributed by atoms with Crippen LogP contribution in [0.15, 0.2) is 28.8 Å². The summed E-state index contributed by atoms with van der Waals surface area (Å²) in [6.07, 6.45) is 1.69. The van der Waals surface area contributed by atoms with E-state index in [2.05, 4.69) is 20.0 Å². The second kappa shape index (κ2) is 8.30. The molecule has 1 fully saturated rings. The van der Waals surface area contributed by atoms with Crippen molar-refractivity contribution in [2.45, 2.75) is 33.1 Å². The van der Waals surface area contributed by atoms with Crippen molar-refractivity contribution in [2.24, 2.45) is 13.0 Å². The molecule has 8 nitrogen and oxygen atoms in total. The Morgan fingerprint density at radius 3 is 2.67 bits per heavy atom. The van der Waals surface area contributed by atoms with Crippen LogP contribution in [0.1, 0.15) is 29.3 Å². The lowest BCUT2D eigenvalue weighted by Crippen LogP contribution is -2.55. The van der Waals surface area contributed by atoms with Crippen molar-refractivity contribution in [3.05, 3.63) is 47.1 Å². The molecule has 0 radical (unpaired) electrons. The molecule has 1 saturated heterocycles. The maximum Gasteiger partial charge on any atom is 0.226 e. The molecule has 0 saturated carbocycles. The first-order valence-corrected chi connectivity index (χ1v) is 10.3. The second-order valence-electron chi connectivity index (χ2n) is 7.92. The summed E-state index contributed by atoms with van der Waals surface area (Å²) < 4.78 is 7.20. The molecule has 0 spiro atoms. The van der Waals surface area contributed by atoms with Crippen molar-refractivity contribution in [2.75, 3.05) is 19.6 Å². The Morgan fingerprint density at radius 2 is 1.97 bits per heavy atom. The lowest BCUT2D eigenvalue weighted by atomic mass is 9.97. The third-order valence-electron chi connectivity index (χ3n) is 5.90. The van der Waals surface area contributed by atoms with Gasteiger partial charge in [0.15, 0.2) is 0 Å². The first-order chi connectivity index (χ1) is 14.4. The van der Waals surface area contributed by atoms with Gasteiger partial charge in [-0.25, -0.2) is 4.98 Å². The van der Waals surface area contributed by atoms with Crippen molar-refractivity contribution in [1.29, 1.82) is 0 Å². The number of amides is 2. The zero-order valence-electron chi connectivity index (χ0n) is 17.6. The highest BCUT2D eigenvalue weighted by Crippen LogP contribution is 2.20. The summed E-state index contributed by atoms with van der Waals surface area (Å²) in [5.74, 6) is 1.65. The van der Waals surface area contributed by atoms with Gasteiger partial charge in [0.05, 0.1) is 22.6 Å². The molecular weight excluding hydrogens is 382 g/mol. The van der Waals surface area contributed by atoms with Crippen molar-refractivity contribution in [3.63, 3.8) is 0 Å². The van der Waals surface area contributed by atoms with E-state index >= 15 is 0 Å². The lowest BCUT2D eigenvalue weighted by Gasteiger charge is -2.38. The van der Waals surface area contributed by atoms with Crippen LogP contribution in [0.2, 0.25) is 0 Å². The zero-order chi connectivity index (χ0) is 21.3. The van der Waals surface area contributed by atoms with Gasteiger partial charge in [0.2, 0.25) is 11.8 Å². The van der Waals surface area contributed by atoms with E-state index in [1.165, 1.54) is 0 Å². The summed E-state index contributed by atoms with van der Waals surface area (Å²) in [5, 5.41) is 6.90. The van der Waals surface area contributed by atoms with Gasteiger partial charge in [-0.2, -0.15) is 0 Å². The number of aryl methyl sites for hydroxylation is 3. The molecule has 30 heavy (non-hydrogen) atoms. The molecule has 2 amide bonds. The monoisotopic (exact) mass is 409 g/mol. The molecule has 1 aromatic carbocycles. The van der Waals surface area contributed by atoms with Gasteiger partial charge >= 0.3 is 0 Å². The minimum absolute atomic E-state index is 0.00328. The van der Waals surface area contributed by atoms with E-state index < -0.39 is 0 Å². The smallest absolute Gasteiger partial charge is 0.226 e. The summed E-state index contributed by atoms with van der Waals surface area (Å²) in [6, 6.07) is 7.99. The van der Waals surface area contributed by atoms with Crippen molar-refractivity contribution in [1.82, 2.24) is 24.9 Å². The number of imidazole rings is 1. The molecule has 3 heterocycles. The minimum Gasteiger partial charge on any atom is -0.361 e. The predicted molar refractivity (Wildman–Crippen MR) is 112 cm³/mol. The third-order valence-corrected chi connectivity index (χ3v) is 5.90. The molecule has 0 aliphatic carbocycles. The Balaban J connectivity index is 1.19. The van der Waals surface area contributed by atoms with Gasteiger partial charge < -0.3 is 19.3 Å². The van der Waals surface area contributed by atoms with E-state index in [0.29, 0.717) is 38.9 Å². The maximum absolute atomic E-state index is 12.4. The number of rotatable bonds is 7. The van der Waals surface area contributed by atoms with Crippen LogP contribution in [0.5, 0.6) is 0 Å². The van der Waals surface area contributed by atoms with Crippen LogP contribution in [0.25, 0.3) is 11.0 Å². The average Bonchev–Trinajstić information content (AvgIpc) is 3.18. The molecule has 0 bridgehead atoms. The molecule has 1 aliphatic heterocycles. The van der Waals surface area contributed by atoms with Crippen LogP contribution in [0.4, 0.5) is 0 Å². The summed E-state index contributed by atoms with van der Waals surface area (Å²) in [7, 11) is 1.99. The fourth-order valence-electron chi connectivity index (χ4n) is 3.96. The normalized spacial score (nSPS) is 14.2. The third kappa shape index (κ3) is 3.94. The predicted octanol–water partition coefficient (Wildman–Crippen LogP) is 1.93. The number of fused-ring (bicyclic) bond motifs is 1. The highest BCUT2D eigenvalue weighted by Gasteiger charge is 2.35. The molecule has 4 rings (SSSR count). The Morgan fingerprint density at radius 1 is 1.20 bits per heavy atom. The van der Waals surface area contributed by atoms with Gasteiger partial charge in [-0.05, 0) is 32.4 Å². The fourth-order valence-corrected chi connectivity index (χ4v) is 3.96. The first kappa shape index (κ1) is 20.1. The molecule has 1 aliphatic rings. The van der Waals surface area contributed by atoms with E-state index in [0.717, 1.165) is 33.9 Å². The largest absolute Gasteiger partial charge is 0.361 e. The maximum atomic E-state index is 12.4. The number of likely N-dealkylation sites (tertiary alicyclic amines) is 1. The fraction of sp³-hybridized carbons (Fsp3) is 0.455. The number of nitrogens with one attached hydrogen (secondary N) is 1. The molecule has 8 heteroatoms. The topological polar surface area (TPSA) is 93.3 Å². The highest BCUT2D eigenvalue weighted by molar-refractivity contribution is 5.84. The molecule has 2 aromatic heterocycles. The zero-order valence-corrected chi connectivity index (χ0v) is 17.6. The van der Waals surface area contributed by atoms with Gasteiger partial charge in [-0.15, -0.1) is 0 Å². The van der Waals surface area contributed by atoms with Crippen LogP contribution in [-0.4, -0.2) is 51.1 Å². The quantitative estimate of drug-likeness (QED) is 0.644. The van der Waals surface area contributed by atoms with E-state index in [1.54, 1.807) is 4.90 Å². The standard InChI is InChI=1S/C22H27N5O3/c1-14-17(15(2)30-25-14)8-9-21(28)27-12-16(13-27)22(29)23-11-10-20-24-18-6-4-5-7-19(18)26(20)3/h4-7,16H,8-13H2,1-3H3,(H,23,29). The Bertz CT molecular complexity index is 1060. The first-order valence-electron chi connectivity index (χ1n) is 10.3. The van der Waals surface area contributed by atoms with E-state index in [-0.39, 0.29) is 17.7 Å². The van der Waals surface area contributed by atoms with Crippen LogP contribution >= 0.6 is 0 Å². The molecule has 0 atom stereocenters. The lowest BCUT2D eigenvalue weighted by molar-refractivity contribution is -0.142. The van der Waals surface area contributed by atoms with E-state index in [1.807, 2.05) is 45.2 Å². The number of carbonyl (C=O) groups is 2. The van der Waals surface area contributed by atoms with Gasteiger partial charge in [-0.1, -0.05) is 17.3 Å². The Hall–Kier alpha value is -3.16. The van der Waals surface area contributed by atoms with Gasteiger partial charge in [0, 0.05) is 45.1 Å². The number of para-hydroxylation sites is 2. The molecule has 1 N–H and O–H groups in total.